The van der Waals surface area contributed by atoms with Crippen molar-refractivity contribution in [3.8, 4) is 0 Å². The first-order valence-corrected chi connectivity index (χ1v) is 7.88. The van der Waals surface area contributed by atoms with E-state index in [1.54, 1.807) is 19.0 Å². The summed E-state index contributed by atoms with van der Waals surface area (Å²) in [6.45, 7) is 1.08. The van der Waals surface area contributed by atoms with Crippen molar-refractivity contribution in [2.45, 2.75) is 13.0 Å². The molecule has 4 nitrogen and oxygen atoms in total. The number of carbonyl (C=O) groups excluding carboxylic acids is 1. The molecule has 1 unspecified atom stereocenters. The maximum Gasteiger partial charge on any atom is 0.227 e. The summed E-state index contributed by atoms with van der Waals surface area (Å²) in [7, 11) is 3.61. The second-order valence-electron chi connectivity index (χ2n) is 6.08. The molecule has 0 spiro atoms. The lowest BCUT2D eigenvalue weighted by molar-refractivity contribution is -0.133. The molecule has 0 saturated heterocycles. The van der Waals surface area contributed by atoms with Crippen LogP contribution >= 0.6 is 0 Å². The SMILES string of the molecule is CN(C)C(=O)C1Cc2ccccc2N(OCc2ccccc2)C1. The fraction of sp³-hybridized carbons (Fsp3) is 0.316. The molecule has 0 bridgehead atoms. The van der Waals surface area contributed by atoms with Gasteiger partial charge < -0.3 is 4.90 Å². The fourth-order valence-electron chi connectivity index (χ4n) is 2.93. The zero-order chi connectivity index (χ0) is 16.2. The van der Waals surface area contributed by atoms with Gasteiger partial charge in [0.2, 0.25) is 5.91 Å². The highest BCUT2D eigenvalue weighted by Crippen LogP contribution is 2.30. The van der Waals surface area contributed by atoms with Crippen LogP contribution in [0, 0.1) is 5.92 Å². The number of hydrogen-bond donors (Lipinski definition) is 0. The van der Waals surface area contributed by atoms with Crippen LogP contribution < -0.4 is 5.06 Å². The molecule has 1 atom stereocenters. The van der Waals surface area contributed by atoms with Gasteiger partial charge in [-0.25, -0.2) is 0 Å². The molecule has 2 aromatic rings. The van der Waals surface area contributed by atoms with Gasteiger partial charge in [-0.3, -0.25) is 14.7 Å². The van der Waals surface area contributed by atoms with Gasteiger partial charge in [0, 0.05) is 14.1 Å². The summed E-state index contributed by atoms with van der Waals surface area (Å²) in [5, 5.41) is 1.87. The van der Waals surface area contributed by atoms with E-state index < -0.39 is 0 Å². The average Bonchev–Trinajstić information content (AvgIpc) is 2.59. The molecule has 0 saturated carbocycles. The van der Waals surface area contributed by atoms with Crippen molar-refractivity contribution in [1.82, 2.24) is 4.90 Å². The predicted octanol–water partition coefficient (Wildman–Crippen LogP) is 2.89. The third-order valence-corrected chi connectivity index (χ3v) is 4.13. The van der Waals surface area contributed by atoms with Crippen molar-refractivity contribution >= 4 is 11.6 Å². The number of rotatable bonds is 4. The number of para-hydroxylation sites is 1. The summed E-state index contributed by atoms with van der Waals surface area (Å²) >= 11 is 0. The lowest BCUT2D eigenvalue weighted by atomic mass is 9.92. The molecule has 120 valence electrons. The molecule has 0 aromatic heterocycles. The van der Waals surface area contributed by atoms with Gasteiger partial charge in [-0.1, -0.05) is 48.5 Å². The monoisotopic (exact) mass is 310 g/mol. The highest BCUT2D eigenvalue weighted by atomic mass is 16.7. The third kappa shape index (κ3) is 3.54. The summed E-state index contributed by atoms with van der Waals surface area (Å²) < 4.78 is 0. The van der Waals surface area contributed by atoms with Gasteiger partial charge in [-0.05, 0) is 23.6 Å². The van der Waals surface area contributed by atoms with Crippen LogP contribution in [0.4, 0.5) is 5.69 Å². The summed E-state index contributed by atoms with van der Waals surface area (Å²) in [6.07, 6.45) is 0.762. The van der Waals surface area contributed by atoms with E-state index in [1.807, 2.05) is 47.5 Å². The lowest BCUT2D eigenvalue weighted by Gasteiger charge is -2.35. The van der Waals surface area contributed by atoms with Crippen molar-refractivity contribution in [3.05, 3.63) is 65.7 Å². The number of benzene rings is 2. The van der Waals surface area contributed by atoms with Crippen molar-refractivity contribution in [2.24, 2.45) is 5.92 Å². The zero-order valence-electron chi connectivity index (χ0n) is 13.6. The Labute approximate surface area is 137 Å². The molecular formula is C19H22N2O2. The number of anilines is 1. The van der Waals surface area contributed by atoms with Gasteiger partial charge in [-0.15, -0.1) is 0 Å². The molecule has 0 N–H and O–H groups in total. The van der Waals surface area contributed by atoms with Crippen LogP contribution in [0.2, 0.25) is 0 Å². The van der Waals surface area contributed by atoms with E-state index in [9.17, 15) is 4.79 Å². The molecule has 0 fully saturated rings. The van der Waals surface area contributed by atoms with E-state index in [0.29, 0.717) is 13.2 Å². The molecule has 0 radical (unpaired) electrons. The number of hydroxylamine groups is 1. The minimum Gasteiger partial charge on any atom is -0.349 e. The Morgan fingerprint density at radius 3 is 2.57 bits per heavy atom. The number of carbonyl (C=O) groups is 1. The smallest absolute Gasteiger partial charge is 0.227 e. The number of fused-ring (bicyclic) bond motifs is 1. The highest BCUT2D eigenvalue weighted by Gasteiger charge is 2.30. The lowest BCUT2D eigenvalue weighted by Crippen LogP contribution is -2.43. The molecule has 3 rings (SSSR count). The van der Waals surface area contributed by atoms with Crippen LogP contribution in [-0.4, -0.2) is 31.4 Å². The molecular weight excluding hydrogens is 288 g/mol. The molecule has 1 aliphatic rings. The highest BCUT2D eigenvalue weighted by molar-refractivity contribution is 5.80. The average molecular weight is 310 g/mol. The van der Waals surface area contributed by atoms with Crippen LogP contribution in [0.5, 0.6) is 0 Å². The zero-order valence-corrected chi connectivity index (χ0v) is 13.6. The number of hydrogen-bond acceptors (Lipinski definition) is 3. The Bertz CT molecular complexity index is 670. The number of nitrogens with zero attached hydrogens (tertiary/aromatic N) is 2. The molecule has 1 amide bonds. The Morgan fingerprint density at radius 1 is 1.13 bits per heavy atom. The van der Waals surface area contributed by atoms with Crippen LogP contribution in [0.25, 0.3) is 0 Å². The summed E-state index contributed by atoms with van der Waals surface area (Å²) in [5.74, 6) is 0.0727. The van der Waals surface area contributed by atoms with Crippen LogP contribution in [0.1, 0.15) is 11.1 Å². The van der Waals surface area contributed by atoms with E-state index in [4.69, 9.17) is 4.84 Å². The van der Waals surface area contributed by atoms with Crippen molar-refractivity contribution in [3.63, 3.8) is 0 Å². The van der Waals surface area contributed by atoms with E-state index in [0.717, 1.165) is 23.2 Å². The van der Waals surface area contributed by atoms with E-state index in [2.05, 4.69) is 12.1 Å². The molecule has 4 heteroatoms. The normalized spacial score (nSPS) is 16.8. The molecule has 0 aliphatic carbocycles. The first-order valence-electron chi connectivity index (χ1n) is 7.88. The van der Waals surface area contributed by atoms with Crippen molar-refractivity contribution in [2.75, 3.05) is 25.7 Å². The predicted molar refractivity (Wildman–Crippen MR) is 90.9 cm³/mol. The van der Waals surface area contributed by atoms with Gasteiger partial charge in [0.05, 0.1) is 24.8 Å². The topological polar surface area (TPSA) is 32.8 Å². The third-order valence-electron chi connectivity index (χ3n) is 4.13. The molecule has 2 aromatic carbocycles. The maximum atomic E-state index is 12.4. The largest absolute Gasteiger partial charge is 0.349 e. The van der Waals surface area contributed by atoms with Gasteiger partial charge >= 0.3 is 0 Å². The molecule has 1 heterocycles. The number of amides is 1. The van der Waals surface area contributed by atoms with Gasteiger partial charge in [0.15, 0.2) is 0 Å². The van der Waals surface area contributed by atoms with Gasteiger partial charge in [-0.2, -0.15) is 0 Å². The van der Waals surface area contributed by atoms with Crippen LogP contribution in [0.3, 0.4) is 0 Å². The maximum absolute atomic E-state index is 12.4. The standard InChI is InChI=1S/C19H22N2O2/c1-20(2)19(22)17-12-16-10-6-7-11-18(16)21(13-17)23-14-15-8-4-3-5-9-15/h3-11,17H,12-14H2,1-2H3. The first-order chi connectivity index (χ1) is 11.1. The Kier molecular flexibility index (Phi) is 4.63. The second-order valence-corrected chi connectivity index (χ2v) is 6.08. The summed E-state index contributed by atoms with van der Waals surface area (Å²) in [4.78, 5) is 20.1. The van der Waals surface area contributed by atoms with Crippen molar-refractivity contribution < 1.29 is 9.63 Å². The Balaban J connectivity index is 1.78. The van der Waals surface area contributed by atoms with Crippen LogP contribution in [-0.2, 0) is 22.7 Å². The quantitative estimate of drug-likeness (QED) is 0.870. The minimum absolute atomic E-state index is 0.0735. The first kappa shape index (κ1) is 15.6. The molecule has 23 heavy (non-hydrogen) atoms. The Morgan fingerprint density at radius 2 is 1.83 bits per heavy atom. The minimum atomic E-state index is -0.0735. The molecule has 1 aliphatic heterocycles. The summed E-state index contributed by atoms with van der Waals surface area (Å²) in [5.41, 5.74) is 3.34. The second kappa shape index (κ2) is 6.84. The van der Waals surface area contributed by atoms with Crippen LogP contribution in [0.15, 0.2) is 54.6 Å². The van der Waals surface area contributed by atoms with Gasteiger partial charge in [0.1, 0.15) is 0 Å². The van der Waals surface area contributed by atoms with Crippen molar-refractivity contribution in [1.29, 1.82) is 0 Å². The fourth-order valence-corrected chi connectivity index (χ4v) is 2.93. The summed E-state index contributed by atoms with van der Waals surface area (Å²) in [6, 6.07) is 18.2. The van der Waals surface area contributed by atoms with E-state index in [1.165, 1.54) is 0 Å². The van der Waals surface area contributed by atoms with E-state index >= 15 is 0 Å². The van der Waals surface area contributed by atoms with E-state index in [-0.39, 0.29) is 11.8 Å². The van der Waals surface area contributed by atoms with Gasteiger partial charge in [0.25, 0.3) is 0 Å². The Hall–Kier alpha value is -2.33.